The molecule has 4 N–H and O–H groups in total. The third kappa shape index (κ3) is 8.49. The summed E-state index contributed by atoms with van der Waals surface area (Å²) in [7, 11) is -7.36. The van der Waals surface area contributed by atoms with E-state index in [0.29, 0.717) is 0 Å². The maximum Gasteiger partial charge on any atom is 0.407 e. The molecule has 1 fully saturated rings. The topological polar surface area (TPSA) is 240 Å². The van der Waals surface area contributed by atoms with Gasteiger partial charge in [-0.3, -0.25) is 18.9 Å². The smallest absolute Gasteiger partial charge is 0.407 e. The molecule has 206 valence electrons. The highest BCUT2D eigenvalue weighted by atomic mass is 35.5. The van der Waals surface area contributed by atoms with Gasteiger partial charge in [0.2, 0.25) is 5.91 Å². The number of carbonyl (C=O) groups excluding carboxylic acids is 4. The number of amides is 4. The molecule has 2 atom stereocenters. The second-order valence-electron chi connectivity index (χ2n) is 7.12. The predicted octanol–water partition coefficient (Wildman–Crippen LogP) is -2.06. The minimum absolute atomic E-state index is 0.0322. The summed E-state index contributed by atoms with van der Waals surface area (Å²) in [5.41, 5.74) is -0.521. The molecule has 2 heterocycles. The van der Waals surface area contributed by atoms with Crippen LogP contribution >= 0.6 is 22.9 Å². The first-order valence-corrected chi connectivity index (χ1v) is 14.7. The summed E-state index contributed by atoms with van der Waals surface area (Å²) >= 11 is 6.34. The number of anilines is 1. The fourth-order valence-electron chi connectivity index (χ4n) is 2.78. The number of thiazole rings is 1. The first-order chi connectivity index (χ1) is 17.2. The number of oxime groups is 1. The first-order valence-electron chi connectivity index (χ1n) is 9.80. The van der Waals surface area contributed by atoms with E-state index in [0.717, 1.165) is 24.7 Å². The van der Waals surface area contributed by atoms with Gasteiger partial charge < -0.3 is 25.5 Å². The van der Waals surface area contributed by atoms with E-state index in [1.165, 1.54) is 5.38 Å². The van der Waals surface area contributed by atoms with Crippen molar-refractivity contribution in [2.45, 2.75) is 12.1 Å². The second kappa shape index (κ2) is 12.4. The van der Waals surface area contributed by atoms with Crippen molar-refractivity contribution in [1.29, 1.82) is 0 Å². The number of ether oxygens (including phenoxy) is 1. The minimum Gasteiger partial charge on any atom is -0.448 e. The average Bonchev–Trinajstić information content (AvgIpc) is 3.24. The molecule has 0 spiro atoms. The maximum atomic E-state index is 12.8. The van der Waals surface area contributed by atoms with Crippen LogP contribution < -0.4 is 16.0 Å². The molecule has 0 bridgehead atoms. The summed E-state index contributed by atoms with van der Waals surface area (Å²) in [6.07, 6.45) is -0.214. The van der Waals surface area contributed by atoms with E-state index in [1.54, 1.807) is 0 Å². The summed E-state index contributed by atoms with van der Waals surface area (Å²) in [4.78, 5) is 57.1. The zero-order chi connectivity index (χ0) is 28.0. The number of carbonyl (C=O) groups is 4. The average molecular weight is 605 g/mol. The van der Waals surface area contributed by atoms with Crippen molar-refractivity contribution in [2.24, 2.45) is 5.16 Å². The van der Waals surface area contributed by atoms with Crippen molar-refractivity contribution in [2.75, 3.05) is 43.5 Å². The molecule has 1 aromatic heterocycles. The molecular formula is C16H21ClN6O11S3. The summed E-state index contributed by atoms with van der Waals surface area (Å²) in [5, 5.41) is 11.7. The molecule has 0 aromatic carbocycles. The zero-order valence-electron chi connectivity index (χ0n) is 19.0. The van der Waals surface area contributed by atoms with Crippen molar-refractivity contribution in [3.05, 3.63) is 11.1 Å². The summed E-state index contributed by atoms with van der Waals surface area (Å²) in [6.45, 7) is -1.11. The van der Waals surface area contributed by atoms with Gasteiger partial charge in [-0.1, -0.05) is 5.16 Å². The van der Waals surface area contributed by atoms with Crippen LogP contribution in [-0.4, -0.2) is 110 Å². The Balaban J connectivity index is 2.13. The number of alkyl carbamates (subject to hydrolysis) is 1. The quantitative estimate of drug-likeness (QED) is 0.0662. The predicted molar refractivity (Wildman–Crippen MR) is 128 cm³/mol. The Kier molecular flexibility index (Phi) is 10.1. The Hall–Kier alpha value is -3.07. The molecule has 2 rings (SSSR count). The lowest BCUT2D eigenvalue weighted by Gasteiger charge is -2.44. The van der Waals surface area contributed by atoms with Gasteiger partial charge in [0.1, 0.15) is 31.3 Å². The zero-order valence-corrected chi connectivity index (χ0v) is 22.2. The van der Waals surface area contributed by atoms with E-state index in [4.69, 9.17) is 11.6 Å². The van der Waals surface area contributed by atoms with Gasteiger partial charge in [0.05, 0.1) is 11.8 Å². The van der Waals surface area contributed by atoms with Crippen molar-refractivity contribution in [3.8, 4) is 0 Å². The molecule has 17 nitrogen and oxygen atoms in total. The van der Waals surface area contributed by atoms with E-state index in [9.17, 15) is 40.6 Å². The summed E-state index contributed by atoms with van der Waals surface area (Å²) < 4.78 is 59.4. The Bertz CT molecular complexity index is 1300. The van der Waals surface area contributed by atoms with Crippen molar-refractivity contribution < 1.29 is 50.1 Å². The molecule has 0 aliphatic carbocycles. The number of halogens is 1. The van der Waals surface area contributed by atoms with E-state index >= 15 is 0 Å². The minimum atomic E-state index is -5.07. The molecule has 37 heavy (non-hydrogen) atoms. The molecule has 0 radical (unpaired) electrons. The number of sulfone groups is 1. The van der Waals surface area contributed by atoms with Gasteiger partial charge in [-0.25, -0.2) is 22.5 Å². The third-order valence-corrected chi connectivity index (χ3v) is 7.22. The molecule has 4 amide bonds. The summed E-state index contributed by atoms with van der Waals surface area (Å²) in [6, 6.07) is -3.03. The van der Waals surface area contributed by atoms with Crippen LogP contribution in [0.2, 0.25) is 0 Å². The number of hydrogen-bond donors (Lipinski definition) is 4. The van der Waals surface area contributed by atoms with Gasteiger partial charge in [0, 0.05) is 18.2 Å². The molecule has 21 heteroatoms. The Labute approximate surface area is 219 Å². The largest absolute Gasteiger partial charge is 0.448 e. The van der Waals surface area contributed by atoms with Crippen molar-refractivity contribution in [1.82, 2.24) is 19.9 Å². The standard InChI is InChI=1S/C16H21ClN6O11S3/c1-33-22-11(8-7-35-15(19-8)20-10(24)5-17)13(25)21-12-9(23(14(12)26)37(30,31)32)6-18-16(27)34-3-4-36(2,28)29/h7,9,12H,3-6H2,1-2H3,(H,18,27)(H,21,25)(H,19,20,24)(H,30,31,32)/t9-,12+/m0/s1. The van der Waals surface area contributed by atoms with Crippen molar-refractivity contribution in [3.63, 3.8) is 0 Å². The van der Waals surface area contributed by atoms with Crippen LogP contribution in [0.4, 0.5) is 9.93 Å². The molecular weight excluding hydrogens is 584 g/mol. The highest BCUT2D eigenvalue weighted by Gasteiger charge is 2.54. The SMILES string of the molecule is CON=C(C(=O)N[C@H]1C(=O)N(S(=O)(=O)O)[C@H]1CNC(=O)OCCS(C)(=O)=O)c1csc(NC(=O)CCl)n1. The van der Waals surface area contributed by atoms with Gasteiger partial charge >= 0.3 is 16.4 Å². The first kappa shape index (κ1) is 30.2. The lowest BCUT2D eigenvalue weighted by Crippen LogP contribution is -2.74. The molecule has 0 saturated carbocycles. The number of rotatable bonds is 12. The molecule has 0 unspecified atom stereocenters. The van der Waals surface area contributed by atoms with E-state index in [-0.39, 0.29) is 21.0 Å². The number of nitrogens with one attached hydrogen (secondary N) is 3. The van der Waals surface area contributed by atoms with Crippen LogP contribution in [0.15, 0.2) is 10.5 Å². The fourth-order valence-corrected chi connectivity index (χ4v) is 4.83. The van der Waals surface area contributed by atoms with Gasteiger partial charge in [-0.05, 0) is 0 Å². The molecule has 1 aromatic rings. The highest BCUT2D eigenvalue weighted by molar-refractivity contribution is 7.90. The highest BCUT2D eigenvalue weighted by Crippen LogP contribution is 2.24. The Morgan fingerprint density at radius 3 is 2.54 bits per heavy atom. The Morgan fingerprint density at radius 1 is 1.30 bits per heavy atom. The molecule has 1 aliphatic rings. The second-order valence-corrected chi connectivity index (χ2v) is 11.8. The van der Waals surface area contributed by atoms with E-state index in [1.807, 2.05) is 0 Å². The monoisotopic (exact) mass is 604 g/mol. The third-order valence-electron chi connectivity index (χ3n) is 4.36. The van der Waals surface area contributed by atoms with Gasteiger partial charge in [-0.2, -0.15) is 8.42 Å². The molecule has 1 aliphatic heterocycles. The van der Waals surface area contributed by atoms with Crippen LogP contribution in [0.25, 0.3) is 0 Å². The number of aromatic nitrogens is 1. The number of hydrogen-bond acceptors (Lipinski definition) is 13. The van der Waals surface area contributed by atoms with Gasteiger partial charge in [0.25, 0.3) is 11.8 Å². The maximum absolute atomic E-state index is 12.8. The van der Waals surface area contributed by atoms with Crippen LogP contribution in [0, 0.1) is 0 Å². The van der Waals surface area contributed by atoms with Gasteiger partial charge in [0.15, 0.2) is 20.7 Å². The summed E-state index contributed by atoms with van der Waals surface area (Å²) in [5.74, 6) is -3.64. The van der Waals surface area contributed by atoms with Gasteiger partial charge in [-0.15, -0.1) is 22.9 Å². The lowest BCUT2D eigenvalue weighted by molar-refractivity contribution is -0.144. The lowest BCUT2D eigenvalue weighted by atomic mass is 9.98. The van der Waals surface area contributed by atoms with Crippen molar-refractivity contribution >= 4 is 77.7 Å². The Morgan fingerprint density at radius 2 is 1.97 bits per heavy atom. The number of β-lactam (4-membered cyclic amide) rings is 1. The van der Waals surface area contributed by atoms with E-state index < -0.39 is 80.7 Å². The van der Waals surface area contributed by atoms with Crippen LogP contribution in [0.1, 0.15) is 5.69 Å². The van der Waals surface area contributed by atoms with Crippen LogP contribution in [-0.2, 0) is 44.1 Å². The fraction of sp³-hybridized carbons (Fsp3) is 0.500. The number of nitrogens with zero attached hydrogens (tertiary/aromatic N) is 3. The van der Waals surface area contributed by atoms with E-state index in [2.05, 4.69) is 35.7 Å². The van der Waals surface area contributed by atoms with Crippen LogP contribution in [0.3, 0.4) is 0 Å². The number of alkyl halides is 1. The normalized spacial score (nSPS) is 18.0. The van der Waals surface area contributed by atoms with Crippen LogP contribution in [0.5, 0.6) is 0 Å². The molecule has 1 saturated heterocycles.